The summed E-state index contributed by atoms with van der Waals surface area (Å²) in [5.41, 5.74) is 2.52. The van der Waals surface area contributed by atoms with Gasteiger partial charge in [-0.15, -0.1) is 11.3 Å². The van der Waals surface area contributed by atoms with E-state index in [9.17, 15) is 9.59 Å². The molecule has 1 atom stereocenters. The summed E-state index contributed by atoms with van der Waals surface area (Å²) in [4.78, 5) is 24.6. The molecule has 1 N–H and O–H groups in total. The number of carbonyl (C=O) groups is 2. The number of esters is 1. The molecule has 1 aliphatic rings. The molecule has 7 heteroatoms. The Morgan fingerprint density at radius 1 is 1.26 bits per heavy atom. The Kier molecular flexibility index (Phi) is 4.84. The quantitative estimate of drug-likeness (QED) is 0.546. The SMILES string of the molecule is O=C(/C=C/c1cn(-c2ccccc2)nc1-c1cccs1)O[C@H]1CCNC1=O. The van der Waals surface area contributed by atoms with Crippen LogP contribution in [0.1, 0.15) is 12.0 Å². The first-order valence-electron chi connectivity index (χ1n) is 8.56. The van der Waals surface area contributed by atoms with Gasteiger partial charge in [-0.3, -0.25) is 4.79 Å². The zero-order valence-corrected chi connectivity index (χ0v) is 15.2. The molecule has 1 aliphatic heterocycles. The lowest BCUT2D eigenvalue weighted by atomic mass is 10.2. The van der Waals surface area contributed by atoms with Crippen molar-refractivity contribution in [2.75, 3.05) is 6.54 Å². The van der Waals surface area contributed by atoms with E-state index < -0.39 is 12.1 Å². The molecular formula is C20H17N3O3S. The molecule has 0 radical (unpaired) electrons. The second kappa shape index (κ2) is 7.59. The molecule has 1 aromatic carbocycles. The fourth-order valence-electron chi connectivity index (χ4n) is 2.85. The van der Waals surface area contributed by atoms with E-state index in [1.165, 1.54) is 6.08 Å². The third kappa shape index (κ3) is 3.83. The lowest BCUT2D eigenvalue weighted by Crippen LogP contribution is -2.27. The number of para-hydroxylation sites is 1. The number of hydrogen-bond donors (Lipinski definition) is 1. The monoisotopic (exact) mass is 379 g/mol. The molecule has 1 saturated heterocycles. The van der Waals surface area contributed by atoms with Gasteiger partial charge in [-0.1, -0.05) is 24.3 Å². The minimum absolute atomic E-state index is 0.243. The van der Waals surface area contributed by atoms with Crippen LogP contribution in [0.3, 0.4) is 0 Å². The van der Waals surface area contributed by atoms with Crippen LogP contribution in [0.4, 0.5) is 0 Å². The zero-order valence-electron chi connectivity index (χ0n) is 14.4. The van der Waals surface area contributed by atoms with Gasteiger partial charge in [-0.25, -0.2) is 9.48 Å². The second-order valence-corrected chi connectivity index (χ2v) is 6.98. The van der Waals surface area contributed by atoms with Gasteiger partial charge in [0.25, 0.3) is 5.91 Å². The van der Waals surface area contributed by atoms with E-state index in [2.05, 4.69) is 10.4 Å². The number of nitrogens with one attached hydrogen (secondary N) is 1. The molecule has 1 fully saturated rings. The van der Waals surface area contributed by atoms with Crippen molar-refractivity contribution in [3.8, 4) is 16.3 Å². The molecular weight excluding hydrogens is 362 g/mol. The highest BCUT2D eigenvalue weighted by Crippen LogP contribution is 2.28. The molecule has 1 amide bonds. The normalized spacial score (nSPS) is 16.6. The predicted octanol–water partition coefficient (Wildman–Crippen LogP) is 3.05. The first-order valence-corrected chi connectivity index (χ1v) is 9.44. The molecule has 3 aromatic rings. The van der Waals surface area contributed by atoms with Crippen LogP contribution in [-0.4, -0.2) is 34.3 Å². The van der Waals surface area contributed by atoms with Crippen molar-refractivity contribution in [1.82, 2.24) is 15.1 Å². The Morgan fingerprint density at radius 2 is 2.11 bits per heavy atom. The van der Waals surface area contributed by atoms with E-state index in [1.54, 1.807) is 22.1 Å². The zero-order chi connectivity index (χ0) is 18.6. The van der Waals surface area contributed by atoms with Crippen LogP contribution in [0.25, 0.3) is 22.3 Å². The molecule has 0 bridgehead atoms. The summed E-state index contributed by atoms with van der Waals surface area (Å²) in [7, 11) is 0. The third-order valence-electron chi connectivity index (χ3n) is 4.17. The van der Waals surface area contributed by atoms with Crippen molar-refractivity contribution in [2.45, 2.75) is 12.5 Å². The number of amides is 1. The standard InChI is InChI=1S/C20H17N3O3S/c24-18(26-16-10-11-21-20(16)25)9-8-14-13-23(15-5-2-1-3-6-15)22-19(14)17-7-4-12-27-17/h1-9,12-13,16H,10-11H2,(H,21,25)/b9-8+/t16-/m0/s1. The molecule has 3 heterocycles. The number of rotatable bonds is 5. The van der Waals surface area contributed by atoms with Gasteiger partial charge in [0, 0.05) is 30.8 Å². The smallest absolute Gasteiger partial charge is 0.331 e. The van der Waals surface area contributed by atoms with E-state index in [1.807, 2.05) is 54.0 Å². The number of nitrogens with zero attached hydrogens (tertiary/aromatic N) is 2. The average molecular weight is 379 g/mol. The van der Waals surface area contributed by atoms with Crippen molar-refractivity contribution in [3.63, 3.8) is 0 Å². The van der Waals surface area contributed by atoms with Crippen LogP contribution < -0.4 is 5.32 Å². The van der Waals surface area contributed by atoms with Crippen LogP contribution in [0, 0.1) is 0 Å². The number of ether oxygens (including phenoxy) is 1. The Bertz CT molecular complexity index is 977. The van der Waals surface area contributed by atoms with Gasteiger partial charge in [0.2, 0.25) is 0 Å². The predicted molar refractivity (Wildman–Crippen MR) is 103 cm³/mol. The molecule has 0 unspecified atom stereocenters. The van der Waals surface area contributed by atoms with Gasteiger partial charge in [-0.05, 0) is 29.7 Å². The molecule has 6 nitrogen and oxygen atoms in total. The lowest BCUT2D eigenvalue weighted by Gasteiger charge is -2.06. The first kappa shape index (κ1) is 17.2. The Balaban J connectivity index is 1.60. The topological polar surface area (TPSA) is 73.2 Å². The van der Waals surface area contributed by atoms with Crippen molar-refractivity contribution in [2.24, 2.45) is 0 Å². The minimum Gasteiger partial charge on any atom is -0.449 e. The van der Waals surface area contributed by atoms with E-state index in [-0.39, 0.29) is 5.91 Å². The summed E-state index contributed by atoms with van der Waals surface area (Å²) in [6.07, 6.45) is 4.69. The van der Waals surface area contributed by atoms with Crippen molar-refractivity contribution < 1.29 is 14.3 Å². The summed E-state index contributed by atoms with van der Waals surface area (Å²) < 4.78 is 6.99. The van der Waals surface area contributed by atoms with Crippen LogP contribution in [0.15, 0.2) is 60.1 Å². The number of hydrogen-bond acceptors (Lipinski definition) is 5. The van der Waals surface area contributed by atoms with E-state index >= 15 is 0 Å². The van der Waals surface area contributed by atoms with Gasteiger partial charge in [0.05, 0.1) is 10.6 Å². The fourth-order valence-corrected chi connectivity index (χ4v) is 3.58. The maximum absolute atomic E-state index is 12.1. The summed E-state index contributed by atoms with van der Waals surface area (Å²) in [5, 5.41) is 9.30. The number of benzene rings is 1. The lowest BCUT2D eigenvalue weighted by molar-refractivity contribution is -0.149. The Labute approximate surface area is 160 Å². The molecule has 0 aliphatic carbocycles. The average Bonchev–Trinajstić information content (AvgIpc) is 3.42. The van der Waals surface area contributed by atoms with Crippen LogP contribution >= 0.6 is 11.3 Å². The summed E-state index contributed by atoms with van der Waals surface area (Å²) in [6, 6.07) is 13.7. The molecule has 0 saturated carbocycles. The highest BCUT2D eigenvalue weighted by Gasteiger charge is 2.27. The van der Waals surface area contributed by atoms with Gasteiger partial charge in [-0.2, -0.15) is 5.10 Å². The molecule has 4 rings (SSSR count). The Hall–Kier alpha value is -3.19. The Morgan fingerprint density at radius 3 is 2.81 bits per heavy atom. The summed E-state index contributed by atoms with van der Waals surface area (Å²) >= 11 is 1.58. The van der Waals surface area contributed by atoms with Crippen molar-refractivity contribution in [1.29, 1.82) is 0 Å². The van der Waals surface area contributed by atoms with Gasteiger partial charge in [0.15, 0.2) is 6.10 Å². The highest BCUT2D eigenvalue weighted by atomic mass is 32.1. The number of aromatic nitrogens is 2. The van der Waals surface area contributed by atoms with E-state index in [0.29, 0.717) is 13.0 Å². The first-order chi connectivity index (χ1) is 13.2. The second-order valence-electron chi connectivity index (χ2n) is 6.03. The number of thiophene rings is 1. The molecule has 27 heavy (non-hydrogen) atoms. The van der Waals surface area contributed by atoms with Gasteiger partial charge < -0.3 is 10.1 Å². The summed E-state index contributed by atoms with van der Waals surface area (Å²) in [6.45, 7) is 0.535. The van der Waals surface area contributed by atoms with Crippen molar-refractivity contribution in [3.05, 3.63) is 65.7 Å². The number of carbonyl (C=O) groups excluding carboxylic acids is 2. The van der Waals surface area contributed by atoms with E-state index in [0.717, 1.165) is 21.8 Å². The molecule has 136 valence electrons. The van der Waals surface area contributed by atoms with Gasteiger partial charge >= 0.3 is 5.97 Å². The largest absolute Gasteiger partial charge is 0.449 e. The summed E-state index contributed by atoms with van der Waals surface area (Å²) in [5.74, 6) is -0.783. The highest BCUT2D eigenvalue weighted by molar-refractivity contribution is 7.13. The van der Waals surface area contributed by atoms with Crippen LogP contribution in [-0.2, 0) is 14.3 Å². The maximum atomic E-state index is 12.1. The molecule has 2 aromatic heterocycles. The minimum atomic E-state index is -0.703. The third-order valence-corrected chi connectivity index (χ3v) is 5.05. The van der Waals surface area contributed by atoms with E-state index in [4.69, 9.17) is 4.74 Å². The van der Waals surface area contributed by atoms with Crippen LogP contribution in [0.5, 0.6) is 0 Å². The maximum Gasteiger partial charge on any atom is 0.331 e. The van der Waals surface area contributed by atoms with Gasteiger partial charge in [0.1, 0.15) is 5.69 Å². The van der Waals surface area contributed by atoms with Crippen molar-refractivity contribution >= 4 is 29.3 Å². The molecule has 0 spiro atoms. The van der Waals surface area contributed by atoms with Crippen LogP contribution in [0.2, 0.25) is 0 Å². The fraction of sp³-hybridized carbons (Fsp3) is 0.150.